The first-order chi connectivity index (χ1) is 7.38. The van der Waals surface area contributed by atoms with Crippen LogP contribution in [0.3, 0.4) is 0 Å². The van der Waals surface area contributed by atoms with Crippen molar-refractivity contribution >= 4 is 17.7 Å². The number of nitrogens with zero attached hydrogens (tertiary/aromatic N) is 1. The van der Waals surface area contributed by atoms with Gasteiger partial charge in [-0.2, -0.15) is 11.8 Å². The first-order valence-corrected chi connectivity index (χ1v) is 7.08. The van der Waals surface area contributed by atoms with Gasteiger partial charge in [0.05, 0.1) is 5.60 Å². The summed E-state index contributed by atoms with van der Waals surface area (Å²) in [5.41, 5.74) is -0.799. The van der Waals surface area contributed by atoms with Gasteiger partial charge in [-0.25, -0.2) is 0 Å². The van der Waals surface area contributed by atoms with Gasteiger partial charge in [0.2, 0.25) is 5.91 Å². The van der Waals surface area contributed by atoms with Crippen molar-refractivity contribution in [2.24, 2.45) is 5.92 Å². The number of amides is 1. The predicted octanol–water partition coefficient (Wildman–Crippen LogP) is 1.75. The van der Waals surface area contributed by atoms with Crippen molar-refractivity contribution in [1.82, 2.24) is 4.90 Å². The van der Waals surface area contributed by atoms with Gasteiger partial charge in [0.1, 0.15) is 0 Å². The Hall–Kier alpha value is -0.220. The molecule has 1 heterocycles. The SMILES string of the molecule is CN(CC(C)(C)O)C(=O)CC1CCSCC1. The fourth-order valence-corrected chi connectivity index (χ4v) is 3.23. The summed E-state index contributed by atoms with van der Waals surface area (Å²) in [4.78, 5) is 13.6. The molecule has 1 aliphatic rings. The molecule has 0 unspecified atom stereocenters. The molecule has 4 heteroatoms. The van der Waals surface area contributed by atoms with Crippen molar-refractivity contribution in [2.75, 3.05) is 25.1 Å². The zero-order chi connectivity index (χ0) is 12.2. The van der Waals surface area contributed by atoms with E-state index in [-0.39, 0.29) is 5.91 Å². The minimum absolute atomic E-state index is 0.166. The van der Waals surface area contributed by atoms with E-state index >= 15 is 0 Å². The van der Waals surface area contributed by atoms with E-state index in [0.717, 1.165) is 12.8 Å². The van der Waals surface area contributed by atoms with Crippen LogP contribution in [0.15, 0.2) is 0 Å². The normalized spacial score (nSPS) is 18.5. The van der Waals surface area contributed by atoms with Gasteiger partial charge in [-0.05, 0) is 44.1 Å². The summed E-state index contributed by atoms with van der Waals surface area (Å²) in [6.45, 7) is 3.87. The summed E-state index contributed by atoms with van der Waals surface area (Å²) < 4.78 is 0. The molecule has 1 fully saturated rings. The van der Waals surface area contributed by atoms with E-state index in [4.69, 9.17) is 0 Å². The molecule has 0 atom stereocenters. The average molecular weight is 245 g/mol. The lowest BCUT2D eigenvalue weighted by Gasteiger charge is -2.28. The Balaban J connectivity index is 2.33. The van der Waals surface area contributed by atoms with Gasteiger partial charge in [0.25, 0.3) is 0 Å². The smallest absolute Gasteiger partial charge is 0.222 e. The van der Waals surface area contributed by atoms with Crippen molar-refractivity contribution in [3.63, 3.8) is 0 Å². The molecule has 0 spiro atoms. The lowest BCUT2D eigenvalue weighted by atomic mass is 9.98. The van der Waals surface area contributed by atoms with Crippen molar-refractivity contribution < 1.29 is 9.90 Å². The molecular formula is C12H23NO2S. The van der Waals surface area contributed by atoms with Crippen LogP contribution in [0.4, 0.5) is 0 Å². The molecular weight excluding hydrogens is 222 g/mol. The van der Waals surface area contributed by atoms with Crippen LogP contribution in [-0.2, 0) is 4.79 Å². The number of aliphatic hydroxyl groups is 1. The number of carbonyl (C=O) groups excluding carboxylic acids is 1. The number of likely N-dealkylation sites (N-methyl/N-ethyl adjacent to an activating group) is 1. The molecule has 1 amide bonds. The molecule has 0 radical (unpaired) electrons. The summed E-state index contributed by atoms with van der Waals surface area (Å²) in [5, 5.41) is 9.65. The fourth-order valence-electron chi connectivity index (χ4n) is 2.02. The summed E-state index contributed by atoms with van der Waals surface area (Å²) in [6.07, 6.45) is 2.96. The minimum Gasteiger partial charge on any atom is -0.389 e. The van der Waals surface area contributed by atoms with E-state index in [1.165, 1.54) is 11.5 Å². The second kappa shape index (κ2) is 5.92. The van der Waals surface area contributed by atoms with E-state index in [0.29, 0.717) is 18.9 Å². The maximum absolute atomic E-state index is 11.9. The highest BCUT2D eigenvalue weighted by molar-refractivity contribution is 7.99. The summed E-state index contributed by atoms with van der Waals surface area (Å²) in [7, 11) is 1.78. The highest BCUT2D eigenvalue weighted by Crippen LogP contribution is 2.25. The first kappa shape index (κ1) is 13.8. The summed E-state index contributed by atoms with van der Waals surface area (Å²) in [5.74, 6) is 3.09. The second-order valence-electron chi connectivity index (χ2n) is 5.32. The van der Waals surface area contributed by atoms with Crippen molar-refractivity contribution in [3.8, 4) is 0 Å². The molecule has 0 bridgehead atoms. The van der Waals surface area contributed by atoms with Crippen LogP contribution in [-0.4, -0.2) is 46.6 Å². The molecule has 16 heavy (non-hydrogen) atoms. The van der Waals surface area contributed by atoms with Crippen LogP contribution in [0.1, 0.15) is 33.1 Å². The van der Waals surface area contributed by atoms with E-state index in [1.807, 2.05) is 11.8 Å². The Kier molecular flexibility index (Phi) is 5.12. The summed E-state index contributed by atoms with van der Waals surface area (Å²) in [6, 6.07) is 0. The van der Waals surface area contributed by atoms with Crippen molar-refractivity contribution in [3.05, 3.63) is 0 Å². The van der Waals surface area contributed by atoms with Gasteiger partial charge in [-0.15, -0.1) is 0 Å². The Morgan fingerprint density at radius 2 is 2.00 bits per heavy atom. The second-order valence-corrected chi connectivity index (χ2v) is 6.55. The molecule has 1 saturated heterocycles. The monoisotopic (exact) mass is 245 g/mol. The number of rotatable bonds is 4. The van der Waals surface area contributed by atoms with Gasteiger partial charge in [-0.3, -0.25) is 4.79 Å². The quantitative estimate of drug-likeness (QED) is 0.820. The van der Waals surface area contributed by atoms with Crippen LogP contribution in [0.2, 0.25) is 0 Å². The van der Waals surface area contributed by atoms with E-state index in [9.17, 15) is 9.90 Å². The number of carbonyl (C=O) groups is 1. The Morgan fingerprint density at radius 1 is 1.44 bits per heavy atom. The molecule has 0 aromatic carbocycles. The topological polar surface area (TPSA) is 40.5 Å². The molecule has 94 valence electrons. The van der Waals surface area contributed by atoms with Gasteiger partial charge in [0, 0.05) is 20.0 Å². The predicted molar refractivity (Wildman–Crippen MR) is 68.6 cm³/mol. The minimum atomic E-state index is -0.799. The van der Waals surface area contributed by atoms with Crippen molar-refractivity contribution in [1.29, 1.82) is 0 Å². The molecule has 1 aliphatic heterocycles. The molecule has 0 saturated carbocycles. The zero-order valence-electron chi connectivity index (χ0n) is 10.5. The fraction of sp³-hybridized carbons (Fsp3) is 0.917. The molecule has 0 aliphatic carbocycles. The largest absolute Gasteiger partial charge is 0.389 e. The van der Waals surface area contributed by atoms with Crippen LogP contribution < -0.4 is 0 Å². The lowest BCUT2D eigenvalue weighted by Crippen LogP contribution is -2.40. The maximum Gasteiger partial charge on any atom is 0.222 e. The Bertz CT molecular complexity index is 232. The maximum atomic E-state index is 11.9. The Labute approximate surface area is 103 Å². The van der Waals surface area contributed by atoms with E-state index in [2.05, 4.69) is 0 Å². The number of thioether (sulfide) groups is 1. The molecule has 0 aromatic rings. The number of hydrogen-bond donors (Lipinski definition) is 1. The lowest BCUT2D eigenvalue weighted by molar-refractivity contribution is -0.133. The van der Waals surface area contributed by atoms with Crippen LogP contribution in [0.25, 0.3) is 0 Å². The highest BCUT2D eigenvalue weighted by atomic mass is 32.2. The first-order valence-electron chi connectivity index (χ1n) is 5.92. The van der Waals surface area contributed by atoms with Gasteiger partial charge >= 0.3 is 0 Å². The third kappa shape index (κ3) is 5.21. The molecule has 1 N–H and O–H groups in total. The Morgan fingerprint density at radius 3 is 2.50 bits per heavy atom. The van der Waals surface area contributed by atoms with E-state index < -0.39 is 5.60 Å². The number of hydrogen-bond acceptors (Lipinski definition) is 3. The van der Waals surface area contributed by atoms with Crippen LogP contribution in [0, 0.1) is 5.92 Å². The molecule has 0 aromatic heterocycles. The molecule has 1 rings (SSSR count). The standard InChI is InChI=1S/C12H23NO2S/c1-12(2,15)9-13(3)11(14)8-10-4-6-16-7-5-10/h10,15H,4-9H2,1-3H3. The van der Waals surface area contributed by atoms with Gasteiger partial charge in [0.15, 0.2) is 0 Å². The highest BCUT2D eigenvalue weighted by Gasteiger charge is 2.23. The van der Waals surface area contributed by atoms with Crippen LogP contribution in [0.5, 0.6) is 0 Å². The van der Waals surface area contributed by atoms with E-state index in [1.54, 1.807) is 25.8 Å². The zero-order valence-corrected chi connectivity index (χ0v) is 11.3. The third-order valence-electron chi connectivity index (χ3n) is 2.85. The van der Waals surface area contributed by atoms with Crippen molar-refractivity contribution in [2.45, 2.75) is 38.7 Å². The van der Waals surface area contributed by atoms with Gasteiger partial charge < -0.3 is 10.0 Å². The molecule has 3 nitrogen and oxygen atoms in total. The third-order valence-corrected chi connectivity index (χ3v) is 3.90. The average Bonchev–Trinajstić information content (AvgIpc) is 2.16. The van der Waals surface area contributed by atoms with Gasteiger partial charge in [-0.1, -0.05) is 0 Å². The summed E-state index contributed by atoms with van der Waals surface area (Å²) >= 11 is 1.98. The van der Waals surface area contributed by atoms with Crippen LogP contribution >= 0.6 is 11.8 Å².